The van der Waals surface area contributed by atoms with E-state index >= 15 is 0 Å². The van der Waals surface area contributed by atoms with Crippen molar-refractivity contribution in [3.05, 3.63) is 41.2 Å². The molecule has 2 rings (SSSR count). The van der Waals surface area contributed by atoms with Gasteiger partial charge in [0.05, 0.1) is 23.3 Å². The summed E-state index contributed by atoms with van der Waals surface area (Å²) in [6.45, 7) is 4.57. The van der Waals surface area contributed by atoms with Crippen LogP contribution in [0.1, 0.15) is 17.0 Å². The van der Waals surface area contributed by atoms with Crippen molar-refractivity contribution in [2.75, 3.05) is 16.3 Å². The van der Waals surface area contributed by atoms with Gasteiger partial charge in [-0.3, -0.25) is 9.40 Å². The predicted octanol–water partition coefficient (Wildman–Crippen LogP) is 2.02. The zero-order chi connectivity index (χ0) is 15.6. The molecule has 7 heteroatoms. The van der Waals surface area contributed by atoms with E-state index in [0.29, 0.717) is 12.2 Å². The summed E-state index contributed by atoms with van der Waals surface area (Å²) in [4.78, 5) is 0. The smallest absolute Gasteiger partial charge is 0.229 e. The Morgan fingerprint density at radius 3 is 2.33 bits per heavy atom. The maximum absolute atomic E-state index is 11.4. The number of benzene rings is 1. The molecule has 0 fully saturated rings. The summed E-state index contributed by atoms with van der Waals surface area (Å²) in [5.41, 5.74) is 4.46. The van der Waals surface area contributed by atoms with E-state index < -0.39 is 10.0 Å². The average Bonchev–Trinajstić information content (AvgIpc) is 2.61. The number of nitrogens with zero attached hydrogens (tertiary/aromatic N) is 2. The Kier molecular flexibility index (Phi) is 4.22. The van der Waals surface area contributed by atoms with Crippen LogP contribution in [0.25, 0.3) is 0 Å². The van der Waals surface area contributed by atoms with Gasteiger partial charge in [-0.1, -0.05) is 12.1 Å². The number of hydrogen-bond acceptors (Lipinski definition) is 4. The lowest BCUT2D eigenvalue weighted by Crippen LogP contribution is -2.12. The van der Waals surface area contributed by atoms with Crippen LogP contribution in [0.5, 0.6) is 0 Å². The second kappa shape index (κ2) is 5.77. The molecule has 1 aromatic heterocycles. The standard InChI is InChI=1S/C14H20N4O2S/c1-10-12(11(2)18(3)16-10)9-15-13-7-5-6-8-14(13)17-21(4,19)20/h5-8,15,17H,9H2,1-4H3. The van der Waals surface area contributed by atoms with E-state index in [1.165, 1.54) is 0 Å². The molecule has 0 aliphatic carbocycles. The number of aryl methyl sites for hydroxylation is 2. The van der Waals surface area contributed by atoms with Crippen molar-refractivity contribution in [1.82, 2.24) is 9.78 Å². The van der Waals surface area contributed by atoms with Crippen LogP contribution >= 0.6 is 0 Å². The summed E-state index contributed by atoms with van der Waals surface area (Å²) < 4.78 is 27.1. The Morgan fingerprint density at radius 1 is 1.19 bits per heavy atom. The van der Waals surface area contributed by atoms with Crippen molar-refractivity contribution in [3.63, 3.8) is 0 Å². The van der Waals surface area contributed by atoms with Crippen molar-refractivity contribution in [3.8, 4) is 0 Å². The summed E-state index contributed by atoms with van der Waals surface area (Å²) in [5, 5.41) is 7.64. The van der Waals surface area contributed by atoms with Crippen molar-refractivity contribution in [2.45, 2.75) is 20.4 Å². The molecule has 1 heterocycles. The van der Waals surface area contributed by atoms with Gasteiger partial charge in [0.15, 0.2) is 0 Å². The average molecular weight is 308 g/mol. The van der Waals surface area contributed by atoms with E-state index in [9.17, 15) is 8.42 Å². The first-order valence-electron chi connectivity index (χ1n) is 6.57. The number of para-hydroxylation sites is 2. The minimum atomic E-state index is -3.30. The SMILES string of the molecule is Cc1nn(C)c(C)c1CNc1ccccc1NS(C)(=O)=O. The second-order valence-corrected chi connectivity index (χ2v) is 6.79. The Bertz CT molecular complexity index is 750. The molecule has 0 spiro atoms. The highest BCUT2D eigenvalue weighted by molar-refractivity contribution is 7.92. The molecule has 21 heavy (non-hydrogen) atoms. The zero-order valence-electron chi connectivity index (χ0n) is 12.6. The quantitative estimate of drug-likeness (QED) is 0.886. The maximum Gasteiger partial charge on any atom is 0.229 e. The topological polar surface area (TPSA) is 76.0 Å². The molecule has 2 aromatic rings. The number of hydrogen-bond donors (Lipinski definition) is 2. The molecule has 2 N–H and O–H groups in total. The molecule has 0 saturated carbocycles. The highest BCUT2D eigenvalue weighted by atomic mass is 32.2. The molecule has 0 unspecified atom stereocenters. The first-order valence-corrected chi connectivity index (χ1v) is 8.47. The fraction of sp³-hybridized carbons (Fsp3) is 0.357. The second-order valence-electron chi connectivity index (χ2n) is 5.05. The Labute approximate surface area is 125 Å². The van der Waals surface area contributed by atoms with Crippen molar-refractivity contribution < 1.29 is 8.42 Å². The van der Waals surface area contributed by atoms with Crippen LogP contribution in [-0.2, 0) is 23.6 Å². The minimum Gasteiger partial charge on any atom is -0.379 e. The molecule has 1 aromatic carbocycles. The molecule has 0 atom stereocenters. The van der Waals surface area contributed by atoms with Crippen LogP contribution in [0, 0.1) is 13.8 Å². The lowest BCUT2D eigenvalue weighted by molar-refractivity contribution is 0.607. The van der Waals surface area contributed by atoms with Crippen LogP contribution in [0.4, 0.5) is 11.4 Å². The van der Waals surface area contributed by atoms with Crippen LogP contribution in [0.15, 0.2) is 24.3 Å². The van der Waals surface area contributed by atoms with E-state index in [2.05, 4.69) is 15.1 Å². The Balaban J connectivity index is 2.21. The van der Waals surface area contributed by atoms with E-state index in [0.717, 1.165) is 28.9 Å². The van der Waals surface area contributed by atoms with Gasteiger partial charge in [-0.25, -0.2) is 8.42 Å². The first-order chi connectivity index (χ1) is 9.78. The molecule has 114 valence electrons. The molecular formula is C14H20N4O2S. The number of nitrogens with one attached hydrogen (secondary N) is 2. The lowest BCUT2D eigenvalue weighted by atomic mass is 10.2. The Hall–Kier alpha value is -2.02. The summed E-state index contributed by atoms with van der Waals surface area (Å²) in [7, 11) is -1.39. The summed E-state index contributed by atoms with van der Waals surface area (Å²) in [6.07, 6.45) is 1.14. The van der Waals surface area contributed by atoms with Crippen LogP contribution in [0.3, 0.4) is 0 Å². The minimum absolute atomic E-state index is 0.541. The van der Waals surface area contributed by atoms with Crippen LogP contribution in [0.2, 0.25) is 0 Å². The largest absolute Gasteiger partial charge is 0.379 e. The van der Waals surface area contributed by atoms with Gasteiger partial charge < -0.3 is 5.32 Å². The molecule has 0 bridgehead atoms. The molecule has 0 radical (unpaired) electrons. The van der Waals surface area contributed by atoms with Crippen LogP contribution < -0.4 is 10.0 Å². The van der Waals surface area contributed by atoms with Gasteiger partial charge in [-0.05, 0) is 26.0 Å². The zero-order valence-corrected chi connectivity index (χ0v) is 13.5. The number of rotatable bonds is 5. The fourth-order valence-corrected chi connectivity index (χ4v) is 2.76. The third kappa shape index (κ3) is 3.75. The fourth-order valence-electron chi connectivity index (χ4n) is 2.18. The van der Waals surface area contributed by atoms with Gasteiger partial charge in [0, 0.05) is 24.8 Å². The van der Waals surface area contributed by atoms with E-state index in [1.807, 2.05) is 37.7 Å². The number of aromatic nitrogens is 2. The monoisotopic (exact) mass is 308 g/mol. The van der Waals surface area contributed by atoms with Gasteiger partial charge in [-0.2, -0.15) is 5.10 Å². The first kappa shape index (κ1) is 15.4. The molecular weight excluding hydrogens is 288 g/mol. The third-order valence-electron chi connectivity index (χ3n) is 3.34. The van der Waals surface area contributed by atoms with Gasteiger partial charge in [0.1, 0.15) is 0 Å². The summed E-state index contributed by atoms with van der Waals surface area (Å²) in [5.74, 6) is 0. The van der Waals surface area contributed by atoms with Gasteiger partial charge >= 0.3 is 0 Å². The molecule has 6 nitrogen and oxygen atoms in total. The van der Waals surface area contributed by atoms with Crippen molar-refractivity contribution >= 4 is 21.4 Å². The lowest BCUT2D eigenvalue weighted by Gasteiger charge is -2.13. The normalized spacial score (nSPS) is 11.4. The highest BCUT2D eigenvalue weighted by Gasteiger charge is 2.11. The van der Waals surface area contributed by atoms with E-state index in [4.69, 9.17) is 0 Å². The van der Waals surface area contributed by atoms with Gasteiger partial charge in [0.2, 0.25) is 10.0 Å². The number of sulfonamides is 1. The Morgan fingerprint density at radius 2 is 1.81 bits per heavy atom. The van der Waals surface area contributed by atoms with Crippen molar-refractivity contribution in [2.24, 2.45) is 7.05 Å². The maximum atomic E-state index is 11.4. The summed E-state index contributed by atoms with van der Waals surface area (Å²) >= 11 is 0. The summed E-state index contributed by atoms with van der Waals surface area (Å²) in [6, 6.07) is 7.22. The predicted molar refractivity (Wildman–Crippen MR) is 84.9 cm³/mol. The highest BCUT2D eigenvalue weighted by Crippen LogP contribution is 2.23. The van der Waals surface area contributed by atoms with E-state index in [1.54, 1.807) is 12.1 Å². The van der Waals surface area contributed by atoms with Crippen LogP contribution in [-0.4, -0.2) is 24.5 Å². The van der Waals surface area contributed by atoms with Gasteiger partial charge in [-0.15, -0.1) is 0 Å². The third-order valence-corrected chi connectivity index (χ3v) is 3.93. The number of anilines is 2. The molecule has 0 aliphatic rings. The molecule has 0 saturated heterocycles. The molecule has 0 aliphatic heterocycles. The molecule has 0 amide bonds. The van der Waals surface area contributed by atoms with Gasteiger partial charge in [0.25, 0.3) is 0 Å². The van der Waals surface area contributed by atoms with E-state index in [-0.39, 0.29) is 0 Å². The van der Waals surface area contributed by atoms with Crippen molar-refractivity contribution in [1.29, 1.82) is 0 Å².